The third-order valence-electron chi connectivity index (χ3n) is 2.75. The Balaban J connectivity index is 2.26. The molecule has 0 radical (unpaired) electrons. The summed E-state index contributed by atoms with van der Waals surface area (Å²) in [7, 11) is 0. The highest BCUT2D eigenvalue weighted by Gasteiger charge is 2.24. The van der Waals surface area contributed by atoms with Gasteiger partial charge in [0.25, 0.3) is 0 Å². The smallest absolute Gasteiger partial charge is 0.347 e. The predicted octanol–water partition coefficient (Wildman–Crippen LogP) is 2.22. The highest BCUT2D eigenvalue weighted by atomic mass is 32.1. The molecule has 0 aliphatic carbocycles. The van der Waals surface area contributed by atoms with Gasteiger partial charge in [-0.15, -0.1) is 11.3 Å². The third-order valence-corrected chi connectivity index (χ3v) is 3.95. The van der Waals surface area contributed by atoms with Gasteiger partial charge in [-0.1, -0.05) is 13.3 Å². The Morgan fingerprint density at radius 2 is 2.50 bits per heavy atom. The lowest BCUT2D eigenvalue weighted by Gasteiger charge is -2.04. The second-order valence-electron chi connectivity index (χ2n) is 4.03. The highest BCUT2D eigenvalue weighted by Crippen LogP contribution is 2.29. The predicted molar refractivity (Wildman–Crippen MR) is 63.0 cm³/mol. The standard InChI is InChI=1S/C11H16N2O2S/c1-2-4-7-9(11(14)15)16-10(13-7)8-5-3-6-12-8/h8,12H,2-6H2,1H3,(H,14,15). The first-order valence-electron chi connectivity index (χ1n) is 5.68. The molecule has 0 spiro atoms. The summed E-state index contributed by atoms with van der Waals surface area (Å²) in [6.45, 7) is 3.05. The lowest BCUT2D eigenvalue weighted by Crippen LogP contribution is -2.12. The molecule has 1 aromatic heterocycles. The summed E-state index contributed by atoms with van der Waals surface area (Å²) in [5.74, 6) is -0.842. The normalized spacial score (nSPS) is 20.2. The fourth-order valence-corrected chi connectivity index (χ4v) is 3.05. The number of carboxylic acids is 1. The first kappa shape index (κ1) is 11.5. The summed E-state index contributed by atoms with van der Waals surface area (Å²) in [6, 6.07) is 0.272. The lowest BCUT2D eigenvalue weighted by atomic mass is 10.2. The zero-order chi connectivity index (χ0) is 11.5. The van der Waals surface area contributed by atoms with Gasteiger partial charge in [-0.25, -0.2) is 9.78 Å². The number of hydrogen-bond acceptors (Lipinski definition) is 4. The number of thiazole rings is 1. The monoisotopic (exact) mass is 240 g/mol. The highest BCUT2D eigenvalue weighted by molar-refractivity contribution is 7.13. The molecule has 1 aromatic rings. The van der Waals surface area contributed by atoms with E-state index in [1.807, 2.05) is 6.92 Å². The molecule has 16 heavy (non-hydrogen) atoms. The molecule has 1 saturated heterocycles. The molecule has 1 fully saturated rings. The Hall–Kier alpha value is -0.940. The van der Waals surface area contributed by atoms with Gasteiger partial charge in [0.15, 0.2) is 0 Å². The summed E-state index contributed by atoms with van der Waals surface area (Å²) in [6.07, 6.45) is 3.90. The molecule has 0 saturated carbocycles. The van der Waals surface area contributed by atoms with Crippen molar-refractivity contribution in [3.63, 3.8) is 0 Å². The SMILES string of the molecule is CCCc1nc(C2CCCN2)sc1C(=O)O. The Labute approximate surface area is 98.7 Å². The van der Waals surface area contributed by atoms with Crippen LogP contribution in [0.15, 0.2) is 0 Å². The van der Waals surface area contributed by atoms with Gasteiger partial charge < -0.3 is 10.4 Å². The molecule has 0 aromatic carbocycles. The lowest BCUT2D eigenvalue weighted by molar-refractivity contribution is 0.0700. The minimum atomic E-state index is -0.842. The van der Waals surface area contributed by atoms with E-state index in [9.17, 15) is 4.79 Å². The van der Waals surface area contributed by atoms with E-state index < -0.39 is 5.97 Å². The molecule has 4 nitrogen and oxygen atoms in total. The number of hydrogen-bond donors (Lipinski definition) is 2. The molecule has 2 N–H and O–H groups in total. The summed E-state index contributed by atoms with van der Waals surface area (Å²) in [5, 5.41) is 13.4. The topological polar surface area (TPSA) is 62.2 Å². The molecule has 2 heterocycles. The van der Waals surface area contributed by atoms with E-state index >= 15 is 0 Å². The van der Waals surface area contributed by atoms with Crippen molar-refractivity contribution >= 4 is 17.3 Å². The number of rotatable bonds is 4. The average molecular weight is 240 g/mol. The van der Waals surface area contributed by atoms with E-state index in [-0.39, 0.29) is 6.04 Å². The second kappa shape index (κ2) is 4.93. The van der Waals surface area contributed by atoms with Crippen LogP contribution in [-0.2, 0) is 6.42 Å². The molecule has 2 rings (SSSR count). The van der Waals surface area contributed by atoms with Crippen LogP contribution in [0.3, 0.4) is 0 Å². The first-order valence-corrected chi connectivity index (χ1v) is 6.50. The van der Waals surface area contributed by atoms with Crippen LogP contribution >= 0.6 is 11.3 Å². The fourth-order valence-electron chi connectivity index (χ4n) is 1.99. The molecule has 88 valence electrons. The Kier molecular flexibility index (Phi) is 3.56. The molecule has 1 aliphatic rings. The zero-order valence-corrected chi connectivity index (χ0v) is 10.1. The van der Waals surface area contributed by atoms with Crippen LogP contribution in [0.2, 0.25) is 0 Å². The molecular weight excluding hydrogens is 224 g/mol. The van der Waals surface area contributed by atoms with Crippen LogP contribution in [0.25, 0.3) is 0 Å². The Morgan fingerprint density at radius 3 is 3.06 bits per heavy atom. The van der Waals surface area contributed by atoms with E-state index in [2.05, 4.69) is 10.3 Å². The van der Waals surface area contributed by atoms with Crippen molar-refractivity contribution in [2.75, 3.05) is 6.54 Å². The van der Waals surface area contributed by atoms with Gasteiger partial charge in [0, 0.05) is 0 Å². The molecule has 5 heteroatoms. The molecule has 0 bridgehead atoms. The van der Waals surface area contributed by atoms with Gasteiger partial charge in [-0.3, -0.25) is 0 Å². The third kappa shape index (κ3) is 2.25. The molecule has 1 unspecified atom stereocenters. The minimum Gasteiger partial charge on any atom is -0.477 e. The van der Waals surface area contributed by atoms with E-state index in [0.29, 0.717) is 4.88 Å². The first-order chi connectivity index (χ1) is 7.72. The van der Waals surface area contributed by atoms with Gasteiger partial charge in [0.1, 0.15) is 9.88 Å². The number of carbonyl (C=O) groups is 1. The summed E-state index contributed by atoms with van der Waals surface area (Å²) >= 11 is 1.33. The van der Waals surface area contributed by atoms with Gasteiger partial charge >= 0.3 is 5.97 Å². The van der Waals surface area contributed by atoms with Crippen molar-refractivity contribution in [2.45, 2.75) is 38.6 Å². The number of carboxylic acid groups (broad SMARTS) is 1. The van der Waals surface area contributed by atoms with Crippen molar-refractivity contribution in [1.29, 1.82) is 0 Å². The quantitative estimate of drug-likeness (QED) is 0.847. The minimum absolute atomic E-state index is 0.272. The van der Waals surface area contributed by atoms with Gasteiger partial charge in [-0.2, -0.15) is 0 Å². The van der Waals surface area contributed by atoms with Crippen LogP contribution in [0.1, 0.15) is 52.6 Å². The number of aromatic nitrogens is 1. The Morgan fingerprint density at radius 1 is 1.69 bits per heavy atom. The number of aryl methyl sites for hydroxylation is 1. The van der Waals surface area contributed by atoms with Crippen molar-refractivity contribution < 1.29 is 9.90 Å². The van der Waals surface area contributed by atoms with Crippen LogP contribution in [0.5, 0.6) is 0 Å². The number of nitrogens with zero attached hydrogens (tertiary/aromatic N) is 1. The van der Waals surface area contributed by atoms with Crippen LogP contribution in [0.4, 0.5) is 0 Å². The summed E-state index contributed by atoms with van der Waals surface area (Å²) in [4.78, 5) is 16.0. The van der Waals surface area contributed by atoms with Crippen LogP contribution < -0.4 is 5.32 Å². The summed E-state index contributed by atoms with van der Waals surface area (Å²) < 4.78 is 0. The van der Waals surface area contributed by atoms with Crippen LogP contribution in [-0.4, -0.2) is 22.6 Å². The maximum Gasteiger partial charge on any atom is 0.347 e. The maximum absolute atomic E-state index is 11.1. The van der Waals surface area contributed by atoms with Gasteiger partial charge in [0.2, 0.25) is 0 Å². The molecule has 1 atom stereocenters. The van der Waals surface area contributed by atoms with Gasteiger partial charge in [-0.05, 0) is 25.8 Å². The molecular formula is C11H16N2O2S. The van der Waals surface area contributed by atoms with Crippen molar-refractivity contribution in [3.05, 3.63) is 15.6 Å². The largest absolute Gasteiger partial charge is 0.477 e. The Bertz CT molecular complexity index is 383. The van der Waals surface area contributed by atoms with Crippen LogP contribution in [0, 0.1) is 0 Å². The van der Waals surface area contributed by atoms with Crippen molar-refractivity contribution in [3.8, 4) is 0 Å². The molecule has 1 aliphatic heterocycles. The number of nitrogens with one attached hydrogen (secondary N) is 1. The molecule has 0 amide bonds. The van der Waals surface area contributed by atoms with E-state index in [1.54, 1.807) is 0 Å². The van der Waals surface area contributed by atoms with Gasteiger partial charge in [0.05, 0.1) is 11.7 Å². The fraction of sp³-hybridized carbons (Fsp3) is 0.636. The van der Waals surface area contributed by atoms with E-state index in [0.717, 1.165) is 42.9 Å². The van der Waals surface area contributed by atoms with E-state index in [4.69, 9.17) is 5.11 Å². The van der Waals surface area contributed by atoms with Crippen molar-refractivity contribution in [1.82, 2.24) is 10.3 Å². The maximum atomic E-state index is 11.1. The second-order valence-corrected chi connectivity index (χ2v) is 5.06. The average Bonchev–Trinajstić information content (AvgIpc) is 2.83. The van der Waals surface area contributed by atoms with Crippen molar-refractivity contribution in [2.24, 2.45) is 0 Å². The van der Waals surface area contributed by atoms with E-state index in [1.165, 1.54) is 11.3 Å². The summed E-state index contributed by atoms with van der Waals surface area (Å²) in [5.41, 5.74) is 0.753. The zero-order valence-electron chi connectivity index (χ0n) is 9.32. The number of aromatic carboxylic acids is 1.